The van der Waals surface area contributed by atoms with Crippen molar-refractivity contribution in [2.45, 2.75) is 38.1 Å². The highest BCUT2D eigenvalue weighted by atomic mass is 16.3. The molecule has 1 atom stereocenters. The summed E-state index contributed by atoms with van der Waals surface area (Å²) < 4.78 is 0. The molecule has 2 rings (SSSR count). The number of hydrogen-bond donors (Lipinski definition) is 1. The highest BCUT2D eigenvalue weighted by Crippen LogP contribution is 2.32. The van der Waals surface area contributed by atoms with Crippen molar-refractivity contribution in [2.24, 2.45) is 0 Å². The molecule has 1 aromatic rings. The summed E-state index contributed by atoms with van der Waals surface area (Å²) in [5.41, 5.74) is 0.206. The van der Waals surface area contributed by atoms with Crippen LogP contribution in [0.2, 0.25) is 0 Å². The Balaban J connectivity index is 1.95. The Bertz CT molecular complexity index is 549. The van der Waals surface area contributed by atoms with E-state index in [-0.39, 0.29) is 24.8 Å². The fourth-order valence-electron chi connectivity index (χ4n) is 3.20. The molecular weight excluding hydrogens is 294 g/mol. The van der Waals surface area contributed by atoms with E-state index in [2.05, 4.69) is 4.98 Å². The lowest BCUT2D eigenvalue weighted by Crippen LogP contribution is -2.52. The maximum atomic E-state index is 12.5. The van der Waals surface area contributed by atoms with Crippen LogP contribution in [0.1, 0.15) is 31.9 Å². The molecule has 0 unspecified atom stereocenters. The molecule has 0 radical (unpaired) electrons. The topological polar surface area (TPSA) is 73.7 Å². The number of nitrogens with zero attached hydrogens (tertiary/aromatic N) is 3. The number of aromatic nitrogens is 1. The molecular formula is C17H25N3O3. The lowest BCUT2D eigenvalue weighted by atomic mass is 9.92. The van der Waals surface area contributed by atoms with Gasteiger partial charge in [0.1, 0.15) is 0 Å². The molecule has 1 fully saturated rings. The van der Waals surface area contributed by atoms with E-state index in [1.165, 1.54) is 6.92 Å². The van der Waals surface area contributed by atoms with Crippen LogP contribution in [0.25, 0.3) is 0 Å². The molecule has 0 saturated carbocycles. The smallest absolute Gasteiger partial charge is 0.224 e. The predicted octanol–water partition coefficient (Wildman–Crippen LogP) is 0.846. The van der Waals surface area contributed by atoms with Crippen LogP contribution < -0.4 is 0 Å². The van der Waals surface area contributed by atoms with Crippen LogP contribution in [0.3, 0.4) is 0 Å². The van der Waals surface area contributed by atoms with Gasteiger partial charge < -0.3 is 14.9 Å². The number of pyridine rings is 1. The van der Waals surface area contributed by atoms with Gasteiger partial charge in [-0.15, -0.1) is 0 Å². The summed E-state index contributed by atoms with van der Waals surface area (Å²) in [7, 11) is 1.75. The van der Waals surface area contributed by atoms with Crippen molar-refractivity contribution in [2.75, 3.05) is 26.7 Å². The number of likely N-dealkylation sites (tertiary alicyclic amines) is 1. The monoisotopic (exact) mass is 319 g/mol. The van der Waals surface area contributed by atoms with Gasteiger partial charge in [-0.2, -0.15) is 0 Å². The van der Waals surface area contributed by atoms with Crippen LogP contribution in [0.15, 0.2) is 24.4 Å². The number of rotatable bonds is 6. The Morgan fingerprint density at radius 3 is 2.83 bits per heavy atom. The van der Waals surface area contributed by atoms with Gasteiger partial charge in [0.2, 0.25) is 11.8 Å². The van der Waals surface area contributed by atoms with Gasteiger partial charge in [-0.3, -0.25) is 14.6 Å². The van der Waals surface area contributed by atoms with Gasteiger partial charge in [-0.05, 0) is 25.0 Å². The Labute approximate surface area is 137 Å². The van der Waals surface area contributed by atoms with Crippen LogP contribution >= 0.6 is 0 Å². The Morgan fingerprint density at radius 1 is 1.43 bits per heavy atom. The largest absolute Gasteiger partial charge is 0.394 e. The molecule has 6 nitrogen and oxygen atoms in total. The predicted molar refractivity (Wildman–Crippen MR) is 86.6 cm³/mol. The van der Waals surface area contributed by atoms with E-state index in [0.717, 1.165) is 12.1 Å². The van der Waals surface area contributed by atoms with Crippen LogP contribution in [0.5, 0.6) is 0 Å². The molecule has 0 aromatic carbocycles. The number of carbonyl (C=O) groups is 2. The Hall–Kier alpha value is -1.95. The fraction of sp³-hybridized carbons (Fsp3) is 0.588. The van der Waals surface area contributed by atoms with Crippen molar-refractivity contribution in [3.05, 3.63) is 30.1 Å². The molecule has 2 heterocycles. The number of likely N-dealkylation sites (N-methyl/N-ethyl adjacent to an activating group) is 1. The van der Waals surface area contributed by atoms with Crippen LogP contribution in [0, 0.1) is 0 Å². The van der Waals surface area contributed by atoms with Gasteiger partial charge in [0.05, 0.1) is 18.6 Å². The molecule has 1 aliphatic rings. The molecule has 126 valence electrons. The van der Waals surface area contributed by atoms with Gasteiger partial charge in [0.25, 0.3) is 0 Å². The molecule has 1 aliphatic heterocycles. The summed E-state index contributed by atoms with van der Waals surface area (Å²) in [5.74, 6) is -0.136. The third kappa shape index (κ3) is 4.07. The zero-order chi connectivity index (χ0) is 16.9. The summed E-state index contributed by atoms with van der Waals surface area (Å²) in [6.07, 6.45) is 4.09. The zero-order valence-electron chi connectivity index (χ0n) is 13.9. The normalized spacial score (nSPS) is 20.6. The molecule has 0 spiro atoms. The maximum absolute atomic E-state index is 12.5. The first-order chi connectivity index (χ1) is 11.0. The highest BCUT2D eigenvalue weighted by molar-refractivity contribution is 5.80. The molecule has 0 aliphatic carbocycles. The molecule has 6 heteroatoms. The molecule has 1 saturated heterocycles. The highest BCUT2D eigenvalue weighted by Gasteiger charge is 2.44. The van der Waals surface area contributed by atoms with Crippen molar-refractivity contribution in [3.8, 4) is 0 Å². The second-order valence-electron chi connectivity index (χ2n) is 6.22. The quantitative estimate of drug-likeness (QED) is 0.843. The van der Waals surface area contributed by atoms with E-state index < -0.39 is 5.54 Å². The summed E-state index contributed by atoms with van der Waals surface area (Å²) in [6.45, 7) is 2.50. The van der Waals surface area contributed by atoms with E-state index >= 15 is 0 Å². The van der Waals surface area contributed by atoms with E-state index in [1.54, 1.807) is 23.0 Å². The van der Waals surface area contributed by atoms with Gasteiger partial charge in [-0.25, -0.2) is 0 Å². The Kier molecular flexibility index (Phi) is 5.71. The van der Waals surface area contributed by atoms with Crippen molar-refractivity contribution in [1.82, 2.24) is 14.8 Å². The molecule has 23 heavy (non-hydrogen) atoms. The summed E-state index contributed by atoms with van der Waals surface area (Å²) in [6, 6.07) is 5.72. The zero-order valence-corrected chi connectivity index (χ0v) is 13.9. The number of aliphatic hydroxyl groups is 1. The van der Waals surface area contributed by atoms with Crippen LogP contribution in [-0.2, 0) is 16.0 Å². The van der Waals surface area contributed by atoms with Crippen LogP contribution in [-0.4, -0.2) is 64.0 Å². The summed E-state index contributed by atoms with van der Waals surface area (Å²) in [5, 5.41) is 9.80. The average Bonchev–Trinajstić information content (AvgIpc) is 2.97. The number of aliphatic hydroxyl groups excluding tert-OH is 1. The van der Waals surface area contributed by atoms with E-state index in [4.69, 9.17) is 0 Å². The third-order valence-corrected chi connectivity index (χ3v) is 4.61. The van der Waals surface area contributed by atoms with E-state index in [0.29, 0.717) is 25.9 Å². The van der Waals surface area contributed by atoms with Crippen molar-refractivity contribution in [1.29, 1.82) is 0 Å². The van der Waals surface area contributed by atoms with Gasteiger partial charge >= 0.3 is 0 Å². The van der Waals surface area contributed by atoms with Gasteiger partial charge in [0.15, 0.2) is 0 Å². The number of amides is 2. The van der Waals surface area contributed by atoms with Crippen molar-refractivity contribution >= 4 is 11.8 Å². The van der Waals surface area contributed by atoms with Gasteiger partial charge in [0, 0.05) is 45.4 Å². The molecule has 1 N–H and O–H groups in total. The first kappa shape index (κ1) is 17.4. The second kappa shape index (κ2) is 7.55. The lowest BCUT2D eigenvalue weighted by molar-refractivity contribution is -0.140. The fourth-order valence-corrected chi connectivity index (χ4v) is 3.20. The molecule has 2 amide bonds. The van der Waals surface area contributed by atoms with Crippen LogP contribution in [0.4, 0.5) is 0 Å². The minimum absolute atomic E-state index is 0.0527. The minimum atomic E-state index is -0.734. The average molecular weight is 319 g/mol. The number of hydrogen-bond acceptors (Lipinski definition) is 4. The first-order valence-corrected chi connectivity index (χ1v) is 8.01. The standard InChI is InChI=1S/C17H25N3O3/c1-14(22)20-10-5-8-17(20,13-21)12-16(23)19(2)11-7-15-6-3-4-9-18-15/h3-4,6,9,21H,5,7-8,10-13H2,1-2H3/t17-/m1/s1. The summed E-state index contributed by atoms with van der Waals surface area (Å²) in [4.78, 5) is 31.8. The summed E-state index contributed by atoms with van der Waals surface area (Å²) >= 11 is 0. The minimum Gasteiger partial charge on any atom is -0.394 e. The lowest BCUT2D eigenvalue weighted by Gasteiger charge is -2.37. The number of carbonyl (C=O) groups excluding carboxylic acids is 2. The van der Waals surface area contributed by atoms with Crippen molar-refractivity contribution < 1.29 is 14.7 Å². The third-order valence-electron chi connectivity index (χ3n) is 4.61. The van der Waals surface area contributed by atoms with E-state index in [1.807, 2.05) is 18.2 Å². The first-order valence-electron chi connectivity index (χ1n) is 8.01. The van der Waals surface area contributed by atoms with Crippen molar-refractivity contribution in [3.63, 3.8) is 0 Å². The molecule has 1 aromatic heterocycles. The molecule has 0 bridgehead atoms. The van der Waals surface area contributed by atoms with E-state index in [9.17, 15) is 14.7 Å². The maximum Gasteiger partial charge on any atom is 0.224 e. The van der Waals surface area contributed by atoms with Gasteiger partial charge in [-0.1, -0.05) is 6.07 Å². The SMILES string of the molecule is CC(=O)N1CCC[C@]1(CO)CC(=O)N(C)CCc1ccccn1. The second-order valence-corrected chi connectivity index (χ2v) is 6.22. The Morgan fingerprint density at radius 2 is 2.22 bits per heavy atom.